The van der Waals surface area contributed by atoms with Gasteiger partial charge in [0, 0.05) is 13.1 Å². The van der Waals surface area contributed by atoms with Gasteiger partial charge in [0.2, 0.25) is 5.91 Å². The summed E-state index contributed by atoms with van der Waals surface area (Å²) in [6, 6.07) is 9.72. The molecule has 126 valence electrons. The molecule has 2 amide bonds. The molecule has 2 aromatic rings. The lowest BCUT2D eigenvalue weighted by Crippen LogP contribution is -2.46. The molecule has 1 fully saturated rings. The van der Waals surface area contributed by atoms with Crippen LogP contribution >= 0.6 is 0 Å². The maximum Gasteiger partial charge on any atom is 0.407 e. The maximum absolute atomic E-state index is 11.2. The molecule has 0 unspecified atom stereocenters. The minimum atomic E-state index is -0.929. The van der Waals surface area contributed by atoms with Crippen LogP contribution in [0.5, 0.6) is 0 Å². The molecule has 1 aliphatic rings. The third-order valence-corrected chi connectivity index (χ3v) is 4.39. The Labute approximate surface area is 138 Å². The summed E-state index contributed by atoms with van der Waals surface area (Å²) in [5.74, 6) is -0.0617. The Bertz CT molecular complexity index is 737. The van der Waals surface area contributed by atoms with E-state index in [9.17, 15) is 14.7 Å². The molecular weight excluding hydrogens is 312 g/mol. The van der Waals surface area contributed by atoms with Crippen LogP contribution in [0.15, 0.2) is 30.3 Å². The number of carbonyl (C=O) groups is 2. The molecule has 2 heterocycles. The molecule has 1 aliphatic heterocycles. The van der Waals surface area contributed by atoms with Gasteiger partial charge in [0.15, 0.2) is 5.82 Å². The van der Waals surface area contributed by atoms with Crippen LogP contribution in [-0.4, -0.2) is 55.3 Å². The van der Waals surface area contributed by atoms with E-state index in [0.29, 0.717) is 31.8 Å². The van der Waals surface area contributed by atoms with Gasteiger partial charge in [0.05, 0.1) is 5.41 Å². The quantitative estimate of drug-likeness (QED) is 0.825. The van der Waals surface area contributed by atoms with E-state index in [-0.39, 0.29) is 6.54 Å². The fourth-order valence-corrected chi connectivity index (χ4v) is 3.12. The fraction of sp³-hybridized carbons (Fsp3) is 0.400. The molecule has 0 radical (unpaired) electrons. The van der Waals surface area contributed by atoms with Gasteiger partial charge >= 0.3 is 6.09 Å². The number of nitrogens with two attached hydrogens (primary N) is 1. The van der Waals surface area contributed by atoms with E-state index in [0.717, 1.165) is 5.56 Å². The molecule has 3 N–H and O–H groups in total. The summed E-state index contributed by atoms with van der Waals surface area (Å²) < 4.78 is 0. The molecule has 1 aromatic carbocycles. The van der Waals surface area contributed by atoms with Gasteiger partial charge in [0.25, 0.3) is 0 Å². The topological polar surface area (TPSA) is 127 Å². The van der Waals surface area contributed by atoms with Crippen LogP contribution < -0.4 is 5.73 Å². The molecule has 0 aliphatic carbocycles. The summed E-state index contributed by atoms with van der Waals surface area (Å²) >= 11 is 0. The van der Waals surface area contributed by atoms with E-state index in [1.807, 2.05) is 30.3 Å². The van der Waals surface area contributed by atoms with E-state index < -0.39 is 17.4 Å². The zero-order chi connectivity index (χ0) is 17.2. The molecule has 1 saturated heterocycles. The Hall–Kier alpha value is -2.97. The smallest absolute Gasteiger partial charge is 0.407 e. The number of rotatable bonds is 4. The van der Waals surface area contributed by atoms with Gasteiger partial charge in [-0.2, -0.15) is 4.80 Å². The normalized spacial score (nSPS) is 16.8. The standard InChI is InChI=1S/C15H18N6O3/c16-12(22)10-21-18-13(17-19-21)15(11-4-2-1-3-5-11)6-8-20(9-7-15)14(23)24/h1-5H,6-10H2,(H2,16,22)(H,23,24). The summed E-state index contributed by atoms with van der Waals surface area (Å²) in [5, 5.41) is 21.5. The Kier molecular flexibility index (Phi) is 4.15. The first-order valence-corrected chi connectivity index (χ1v) is 7.61. The number of hydrogen-bond acceptors (Lipinski definition) is 5. The second-order valence-corrected chi connectivity index (χ2v) is 5.83. The van der Waals surface area contributed by atoms with Crippen LogP contribution in [-0.2, 0) is 16.8 Å². The zero-order valence-corrected chi connectivity index (χ0v) is 13.0. The minimum Gasteiger partial charge on any atom is -0.465 e. The highest BCUT2D eigenvalue weighted by atomic mass is 16.4. The van der Waals surface area contributed by atoms with Gasteiger partial charge in [-0.3, -0.25) is 4.79 Å². The lowest BCUT2D eigenvalue weighted by Gasteiger charge is -2.39. The van der Waals surface area contributed by atoms with Crippen molar-refractivity contribution in [3.8, 4) is 0 Å². The Balaban J connectivity index is 1.96. The van der Waals surface area contributed by atoms with Crippen molar-refractivity contribution in [2.24, 2.45) is 5.73 Å². The average Bonchev–Trinajstić information content (AvgIpc) is 3.04. The number of carbonyl (C=O) groups excluding carboxylic acids is 1. The van der Waals surface area contributed by atoms with Crippen LogP contribution in [0.2, 0.25) is 0 Å². The average molecular weight is 330 g/mol. The number of carboxylic acid groups (broad SMARTS) is 1. The number of hydrogen-bond donors (Lipinski definition) is 2. The van der Waals surface area contributed by atoms with Gasteiger partial charge in [-0.15, -0.1) is 10.2 Å². The second-order valence-electron chi connectivity index (χ2n) is 5.83. The van der Waals surface area contributed by atoms with Gasteiger partial charge in [-0.25, -0.2) is 4.79 Å². The number of likely N-dealkylation sites (tertiary alicyclic amines) is 1. The predicted molar refractivity (Wildman–Crippen MR) is 83.1 cm³/mol. The van der Waals surface area contributed by atoms with Gasteiger partial charge in [0.1, 0.15) is 6.54 Å². The Morgan fingerprint density at radius 2 is 1.88 bits per heavy atom. The number of primary amides is 1. The number of piperidine rings is 1. The van der Waals surface area contributed by atoms with E-state index in [4.69, 9.17) is 5.73 Å². The highest BCUT2D eigenvalue weighted by Gasteiger charge is 2.42. The van der Waals surface area contributed by atoms with Crippen LogP contribution in [0.1, 0.15) is 24.2 Å². The van der Waals surface area contributed by atoms with E-state index in [1.165, 1.54) is 9.70 Å². The lowest BCUT2D eigenvalue weighted by atomic mass is 9.72. The largest absolute Gasteiger partial charge is 0.465 e. The van der Waals surface area contributed by atoms with Crippen LogP contribution in [0.4, 0.5) is 4.79 Å². The first-order chi connectivity index (χ1) is 11.5. The van der Waals surface area contributed by atoms with Gasteiger partial charge < -0.3 is 15.7 Å². The van der Waals surface area contributed by atoms with Crippen LogP contribution in [0.3, 0.4) is 0 Å². The van der Waals surface area contributed by atoms with Crippen LogP contribution in [0, 0.1) is 0 Å². The van der Waals surface area contributed by atoms with Gasteiger partial charge in [-0.1, -0.05) is 30.3 Å². The van der Waals surface area contributed by atoms with Crippen LogP contribution in [0.25, 0.3) is 0 Å². The maximum atomic E-state index is 11.2. The second kappa shape index (κ2) is 6.26. The third kappa shape index (κ3) is 2.92. The Morgan fingerprint density at radius 1 is 1.21 bits per heavy atom. The molecule has 24 heavy (non-hydrogen) atoms. The highest BCUT2D eigenvalue weighted by molar-refractivity contribution is 5.73. The Morgan fingerprint density at radius 3 is 2.46 bits per heavy atom. The predicted octanol–water partition coefficient (Wildman–Crippen LogP) is 0.218. The zero-order valence-electron chi connectivity index (χ0n) is 13.0. The van der Waals surface area contributed by atoms with E-state index in [1.54, 1.807) is 0 Å². The molecular formula is C15H18N6O3. The van der Waals surface area contributed by atoms with E-state index >= 15 is 0 Å². The number of amides is 2. The summed E-state index contributed by atoms with van der Waals surface area (Å²) in [7, 11) is 0. The molecule has 3 rings (SSSR count). The summed E-state index contributed by atoms with van der Waals surface area (Å²) in [5.41, 5.74) is 5.65. The monoisotopic (exact) mass is 330 g/mol. The van der Waals surface area contributed by atoms with Crippen molar-refractivity contribution in [1.82, 2.24) is 25.1 Å². The minimum absolute atomic E-state index is 0.140. The van der Waals surface area contributed by atoms with E-state index in [2.05, 4.69) is 15.4 Å². The first-order valence-electron chi connectivity index (χ1n) is 7.61. The van der Waals surface area contributed by atoms with Crippen molar-refractivity contribution < 1.29 is 14.7 Å². The molecule has 0 spiro atoms. The van der Waals surface area contributed by atoms with Crippen molar-refractivity contribution in [2.75, 3.05) is 13.1 Å². The molecule has 9 nitrogen and oxygen atoms in total. The summed E-state index contributed by atoms with van der Waals surface area (Å²) in [4.78, 5) is 24.8. The van der Waals surface area contributed by atoms with Crippen molar-refractivity contribution in [2.45, 2.75) is 24.8 Å². The number of tetrazole rings is 1. The summed E-state index contributed by atoms with van der Waals surface area (Å²) in [6.07, 6.45) is 0.166. The fourth-order valence-electron chi connectivity index (χ4n) is 3.12. The van der Waals surface area contributed by atoms with Gasteiger partial charge in [-0.05, 0) is 23.6 Å². The SMILES string of the molecule is NC(=O)Cn1nnc(C2(c3ccccc3)CCN(C(=O)O)CC2)n1. The van der Waals surface area contributed by atoms with Crippen molar-refractivity contribution in [3.63, 3.8) is 0 Å². The molecule has 0 saturated carbocycles. The number of aromatic nitrogens is 4. The third-order valence-electron chi connectivity index (χ3n) is 4.39. The molecule has 1 aromatic heterocycles. The number of benzene rings is 1. The first kappa shape index (κ1) is 15.9. The van der Waals surface area contributed by atoms with Crippen molar-refractivity contribution in [3.05, 3.63) is 41.7 Å². The van der Waals surface area contributed by atoms with Crippen molar-refractivity contribution in [1.29, 1.82) is 0 Å². The number of nitrogens with zero attached hydrogens (tertiary/aromatic N) is 5. The lowest BCUT2D eigenvalue weighted by molar-refractivity contribution is -0.119. The molecule has 9 heteroatoms. The molecule has 0 bridgehead atoms. The van der Waals surface area contributed by atoms with Crippen molar-refractivity contribution >= 4 is 12.0 Å². The highest BCUT2D eigenvalue weighted by Crippen LogP contribution is 2.39. The molecule has 0 atom stereocenters. The summed E-state index contributed by atoms with van der Waals surface area (Å²) in [6.45, 7) is 0.627.